The minimum absolute atomic E-state index is 0.0542. The van der Waals surface area contributed by atoms with Gasteiger partial charge in [0.15, 0.2) is 0 Å². The van der Waals surface area contributed by atoms with E-state index >= 15 is 0 Å². The summed E-state index contributed by atoms with van der Waals surface area (Å²) in [6.45, 7) is 4.12. The number of anilines is 2. The summed E-state index contributed by atoms with van der Waals surface area (Å²) in [4.78, 5) is 28.2. The molecule has 0 bridgehead atoms. The van der Waals surface area contributed by atoms with E-state index in [2.05, 4.69) is 25.2 Å². The van der Waals surface area contributed by atoms with Crippen molar-refractivity contribution in [3.63, 3.8) is 0 Å². The second kappa shape index (κ2) is 6.27. The summed E-state index contributed by atoms with van der Waals surface area (Å²) in [6.07, 6.45) is 2.93. The van der Waals surface area contributed by atoms with E-state index in [-0.39, 0.29) is 17.9 Å². The number of carbonyl (C=O) groups is 2. The SMILES string of the molecule is CCc1ccccc1NC(=O)C1(C(=O)N2c3ccccc3CC2C)CC1. The standard InChI is InChI=1S/C22H24N2O2/c1-3-16-8-4-6-10-18(16)23-20(25)22(12-13-22)21(26)24-15(2)14-17-9-5-7-11-19(17)24/h4-11,15H,3,12-14H2,1-2H3,(H,23,25). The average Bonchev–Trinajstić information content (AvgIpc) is 3.39. The second-order valence-electron chi connectivity index (χ2n) is 7.40. The molecule has 4 nitrogen and oxygen atoms in total. The van der Waals surface area contributed by atoms with Crippen LogP contribution in [0.25, 0.3) is 0 Å². The third-order valence-corrected chi connectivity index (χ3v) is 5.67. The van der Waals surface area contributed by atoms with Crippen LogP contribution in [0.3, 0.4) is 0 Å². The van der Waals surface area contributed by atoms with Crippen molar-refractivity contribution in [1.82, 2.24) is 0 Å². The van der Waals surface area contributed by atoms with Gasteiger partial charge in [-0.25, -0.2) is 0 Å². The zero-order valence-corrected chi connectivity index (χ0v) is 15.3. The number of nitrogens with zero attached hydrogens (tertiary/aromatic N) is 1. The summed E-state index contributed by atoms with van der Waals surface area (Å²) in [5, 5.41) is 3.02. The lowest BCUT2D eigenvalue weighted by atomic mass is 10.0. The predicted octanol–water partition coefficient (Wildman–Crippen LogP) is 3.95. The second-order valence-corrected chi connectivity index (χ2v) is 7.40. The zero-order chi connectivity index (χ0) is 18.3. The number of nitrogens with one attached hydrogen (secondary N) is 1. The van der Waals surface area contributed by atoms with Crippen molar-refractivity contribution in [2.24, 2.45) is 5.41 Å². The van der Waals surface area contributed by atoms with Crippen molar-refractivity contribution in [3.05, 3.63) is 59.7 Å². The maximum absolute atomic E-state index is 13.4. The molecule has 1 atom stereocenters. The van der Waals surface area contributed by atoms with Crippen LogP contribution in [0.4, 0.5) is 11.4 Å². The molecular weight excluding hydrogens is 324 g/mol. The molecule has 2 aliphatic rings. The summed E-state index contributed by atoms with van der Waals surface area (Å²) >= 11 is 0. The van der Waals surface area contributed by atoms with Crippen molar-refractivity contribution in [3.8, 4) is 0 Å². The number of aryl methyl sites for hydroxylation is 1. The smallest absolute Gasteiger partial charge is 0.242 e. The summed E-state index contributed by atoms with van der Waals surface area (Å²) in [5.74, 6) is -0.221. The van der Waals surface area contributed by atoms with Crippen LogP contribution in [0.15, 0.2) is 48.5 Å². The molecule has 4 heteroatoms. The molecule has 4 rings (SSSR count). The molecule has 1 unspecified atom stereocenters. The van der Waals surface area contributed by atoms with Gasteiger partial charge in [0.25, 0.3) is 0 Å². The van der Waals surface area contributed by atoms with Crippen LogP contribution in [0, 0.1) is 5.41 Å². The maximum atomic E-state index is 13.4. The minimum atomic E-state index is -0.910. The molecule has 1 saturated carbocycles. The van der Waals surface area contributed by atoms with E-state index in [9.17, 15) is 9.59 Å². The lowest BCUT2D eigenvalue weighted by Crippen LogP contribution is -2.45. The normalized spacial score (nSPS) is 19.8. The Hall–Kier alpha value is -2.62. The first-order chi connectivity index (χ1) is 12.6. The molecule has 1 aliphatic carbocycles. The Balaban J connectivity index is 1.59. The van der Waals surface area contributed by atoms with Crippen LogP contribution < -0.4 is 10.2 Å². The number of para-hydroxylation sites is 2. The van der Waals surface area contributed by atoms with Crippen LogP contribution in [-0.4, -0.2) is 17.9 Å². The molecule has 2 aromatic carbocycles. The summed E-state index contributed by atoms with van der Waals surface area (Å²) in [6, 6.07) is 15.9. The van der Waals surface area contributed by atoms with Gasteiger partial charge in [-0.2, -0.15) is 0 Å². The van der Waals surface area contributed by atoms with Crippen LogP contribution in [0.5, 0.6) is 0 Å². The zero-order valence-electron chi connectivity index (χ0n) is 15.3. The van der Waals surface area contributed by atoms with Crippen molar-refractivity contribution in [2.75, 3.05) is 10.2 Å². The van der Waals surface area contributed by atoms with Gasteiger partial charge >= 0.3 is 0 Å². The van der Waals surface area contributed by atoms with Gasteiger partial charge in [0.2, 0.25) is 11.8 Å². The molecule has 1 heterocycles. The number of hydrogen-bond acceptors (Lipinski definition) is 2. The highest BCUT2D eigenvalue weighted by atomic mass is 16.2. The molecule has 0 radical (unpaired) electrons. The van der Waals surface area contributed by atoms with Gasteiger partial charge in [-0.05, 0) is 55.9 Å². The van der Waals surface area contributed by atoms with Crippen molar-refractivity contribution in [2.45, 2.75) is 45.6 Å². The molecule has 1 N–H and O–H groups in total. The topological polar surface area (TPSA) is 49.4 Å². The molecule has 2 aromatic rings. The van der Waals surface area contributed by atoms with E-state index in [1.807, 2.05) is 47.4 Å². The van der Waals surface area contributed by atoms with E-state index in [1.54, 1.807) is 0 Å². The lowest BCUT2D eigenvalue weighted by Gasteiger charge is -2.27. The van der Waals surface area contributed by atoms with E-state index in [4.69, 9.17) is 0 Å². The maximum Gasteiger partial charge on any atom is 0.242 e. The van der Waals surface area contributed by atoms with E-state index in [0.717, 1.165) is 29.8 Å². The monoisotopic (exact) mass is 348 g/mol. The first-order valence-electron chi connectivity index (χ1n) is 9.38. The third-order valence-electron chi connectivity index (χ3n) is 5.67. The van der Waals surface area contributed by atoms with Gasteiger partial charge in [0.1, 0.15) is 5.41 Å². The molecular formula is C22H24N2O2. The molecule has 2 amide bonds. The van der Waals surface area contributed by atoms with Gasteiger partial charge in [-0.1, -0.05) is 43.3 Å². The first kappa shape index (κ1) is 16.8. The Kier molecular flexibility index (Phi) is 4.06. The van der Waals surface area contributed by atoms with Gasteiger partial charge < -0.3 is 10.2 Å². The largest absolute Gasteiger partial charge is 0.325 e. The average molecular weight is 348 g/mol. The van der Waals surface area contributed by atoms with Crippen molar-refractivity contribution >= 4 is 23.2 Å². The number of fused-ring (bicyclic) bond motifs is 1. The third kappa shape index (κ3) is 2.61. The minimum Gasteiger partial charge on any atom is -0.325 e. The van der Waals surface area contributed by atoms with Crippen molar-refractivity contribution < 1.29 is 9.59 Å². The molecule has 0 saturated heterocycles. The lowest BCUT2D eigenvalue weighted by molar-refractivity contribution is -0.132. The van der Waals surface area contributed by atoms with E-state index < -0.39 is 5.41 Å². The van der Waals surface area contributed by atoms with Crippen LogP contribution in [0.1, 0.15) is 37.8 Å². The summed E-state index contributed by atoms with van der Waals surface area (Å²) in [5.41, 5.74) is 3.13. The molecule has 0 aromatic heterocycles. The van der Waals surface area contributed by atoms with Gasteiger partial charge in [0, 0.05) is 17.4 Å². The van der Waals surface area contributed by atoms with E-state index in [1.165, 1.54) is 5.56 Å². The highest BCUT2D eigenvalue weighted by molar-refractivity contribution is 6.18. The number of amides is 2. The van der Waals surface area contributed by atoms with Crippen LogP contribution >= 0.6 is 0 Å². The predicted molar refractivity (Wildman–Crippen MR) is 103 cm³/mol. The number of rotatable bonds is 4. The molecule has 1 fully saturated rings. The quantitative estimate of drug-likeness (QED) is 0.851. The van der Waals surface area contributed by atoms with Crippen LogP contribution in [0.2, 0.25) is 0 Å². The Morgan fingerprint density at radius 3 is 2.54 bits per heavy atom. The summed E-state index contributed by atoms with van der Waals surface area (Å²) < 4.78 is 0. The fourth-order valence-corrected chi connectivity index (χ4v) is 3.96. The first-order valence-corrected chi connectivity index (χ1v) is 9.38. The number of hydrogen-bond donors (Lipinski definition) is 1. The van der Waals surface area contributed by atoms with E-state index in [0.29, 0.717) is 12.8 Å². The Morgan fingerprint density at radius 2 is 1.81 bits per heavy atom. The molecule has 1 aliphatic heterocycles. The van der Waals surface area contributed by atoms with Crippen molar-refractivity contribution in [1.29, 1.82) is 0 Å². The Bertz CT molecular complexity index is 870. The highest BCUT2D eigenvalue weighted by Crippen LogP contribution is 2.50. The molecule has 134 valence electrons. The highest BCUT2D eigenvalue weighted by Gasteiger charge is 2.59. The van der Waals surface area contributed by atoms with Crippen LogP contribution in [-0.2, 0) is 22.4 Å². The fraction of sp³-hybridized carbons (Fsp3) is 0.364. The number of benzene rings is 2. The van der Waals surface area contributed by atoms with Gasteiger partial charge in [-0.15, -0.1) is 0 Å². The van der Waals surface area contributed by atoms with Gasteiger partial charge in [-0.3, -0.25) is 9.59 Å². The molecule has 26 heavy (non-hydrogen) atoms. The number of carbonyl (C=O) groups excluding carboxylic acids is 2. The fourth-order valence-electron chi connectivity index (χ4n) is 3.96. The van der Waals surface area contributed by atoms with Gasteiger partial charge in [0.05, 0.1) is 0 Å². The molecule has 0 spiro atoms. The Morgan fingerprint density at radius 1 is 1.12 bits per heavy atom. The Labute approximate surface area is 154 Å². The summed E-state index contributed by atoms with van der Waals surface area (Å²) in [7, 11) is 0.